The molecule has 0 aliphatic rings. The van der Waals surface area contributed by atoms with E-state index in [-0.39, 0.29) is 17.8 Å². The maximum Gasteiger partial charge on any atom is 0.234 e. The first-order chi connectivity index (χ1) is 9.51. The fourth-order valence-corrected chi connectivity index (χ4v) is 2.22. The van der Waals surface area contributed by atoms with Gasteiger partial charge in [-0.1, -0.05) is 19.0 Å². The van der Waals surface area contributed by atoms with Gasteiger partial charge in [0.1, 0.15) is 5.41 Å². The second-order valence-corrected chi connectivity index (χ2v) is 4.75. The Bertz CT molecular complexity index is 469. The summed E-state index contributed by atoms with van der Waals surface area (Å²) in [5.74, 6) is -0.288. The van der Waals surface area contributed by atoms with Crippen LogP contribution in [-0.2, 0) is 4.79 Å². The Morgan fingerprint density at radius 3 is 2.45 bits per heavy atom. The van der Waals surface area contributed by atoms with Gasteiger partial charge in [0.15, 0.2) is 5.84 Å². The molecule has 0 spiro atoms. The minimum Gasteiger partial charge on any atom is -0.409 e. The van der Waals surface area contributed by atoms with E-state index in [1.165, 1.54) is 0 Å². The van der Waals surface area contributed by atoms with Crippen molar-refractivity contribution in [2.45, 2.75) is 39.7 Å². The molecule has 0 saturated heterocycles. The van der Waals surface area contributed by atoms with E-state index in [0.29, 0.717) is 12.8 Å². The average Bonchev–Trinajstić information content (AvgIpc) is 2.49. The second kappa shape index (κ2) is 6.88. The minimum atomic E-state index is -0.976. The van der Waals surface area contributed by atoms with Crippen LogP contribution in [0.3, 0.4) is 0 Å². The van der Waals surface area contributed by atoms with Crippen molar-refractivity contribution in [3.05, 3.63) is 30.1 Å². The lowest BCUT2D eigenvalue weighted by atomic mass is 9.80. The molecule has 1 unspecified atom stereocenters. The Labute approximate surface area is 119 Å². The summed E-state index contributed by atoms with van der Waals surface area (Å²) in [4.78, 5) is 16.5. The molecule has 20 heavy (non-hydrogen) atoms. The standard InChI is InChI=1S/C14H22N4O2/c1-4-14(5-2,12(15)18-20)13(19)17-10(3)11-6-8-16-9-7-11/h6-10,20H,4-5H2,1-3H3,(H2,15,18)(H,17,19). The first kappa shape index (κ1) is 15.9. The first-order valence-electron chi connectivity index (χ1n) is 6.70. The molecular formula is C14H22N4O2. The monoisotopic (exact) mass is 278 g/mol. The van der Waals surface area contributed by atoms with Crippen LogP contribution in [0.4, 0.5) is 0 Å². The zero-order chi connectivity index (χ0) is 15.2. The van der Waals surface area contributed by atoms with Crippen LogP contribution in [-0.4, -0.2) is 21.9 Å². The number of carbonyl (C=O) groups excluding carboxylic acids is 1. The normalized spacial score (nSPS) is 13.8. The number of hydrogen-bond donors (Lipinski definition) is 3. The molecule has 0 radical (unpaired) electrons. The van der Waals surface area contributed by atoms with Crippen molar-refractivity contribution < 1.29 is 10.0 Å². The highest BCUT2D eigenvalue weighted by molar-refractivity contribution is 6.06. The average molecular weight is 278 g/mol. The van der Waals surface area contributed by atoms with Crippen molar-refractivity contribution >= 4 is 11.7 Å². The summed E-state index contributed by atoms with van der Waals surface area (Å²) >= 11 is 0. The lowest BCUT2D eigenvalue weighted by Gasteiger charge is -2.30. The predicted octanol–water partition coefficient (Wildman–Crippen LogP) is 1.81. The Kier molecular flexibility index (Phi) is 5.49. The molecule has 0 saturated carbocycles. The summed E-state index contributed by atoms with van der Waals surface area (Å²) in [7, 11) is 0. The predicted molar refractivity (Wildman–Crippen MR) is 77.2 cm³/mol. The lowest BCUT2D eigenvalue weighted by molar-refractivity contribution is -0.128. The Morgan fingerprint density at radius 1 is 1.45 bits per heavy atom. The van der Waals surface area contributed by atoms with Gasteiger partial charge in [-0.3, -0.25) is 9.78 Å². The number of pyridine rings is 1. The maximum atomic E-state index is 12.5. The summed E-state index contributed by atoms with van der Waals surface area (Å²) < 4.78 is 0. The van der Waals surface area contributed by atoms with Crippen molar-refractivity contribution in [2.24, 2.45) is 16.3 Å². The molecule has 0 fully saturated rings. The van der Waals surface area contributed by atoms with Crippen LogP contribution in [0.2, 0.25) is 0 Å². The third-order valence-corrected chi connectivity index (χ3v) is 3.79. The molecule has 1 aromatic rings. The van der Waals surface area contributed by atoms with Crippen molar-refractivity contribution in [3.8, 4) is 0 Å². The topological polar surface area (TPSA) is 101 Å². The Morgan fingerprint density at radius 2 is 2.00 bits per heavy atom. The van der Waals surface area contributed by atoms with Gasteiger partial charge < -0.3 is 16.3 Å². The van der Waals surface area contributed by atoms with Gasteiger partial charge in [0.25, 0.3) is 0 Å². The van der Waals surface area contributed by atoms with E-state index in [9.17, 15) is 4.79 Å². The number of nitrogens with zero attached hydrogens (tertiary/aromatic N) is 2. The van der Waals surface area contributed by atoms with Gasteiger partial charge in [0.05, 0.1) is 6.04 Å². The van der Waals surface area contributed by atoms with Crippen LogP contribution in [0.15, 0.2) is 29.7 Å². The van der Waals surface area contributed by atoms with Gasteiger partial charge in [-0.25, -0.2) is 0 Å². The number of nitrogens with one attached hydrogen (secondary N) is 1. The van der Waals surface area contributed by atoms with E-state index in [1.54, 1.807) is 12.4 Å². The molecule has 0 aliphatic carbocycles. The number of carbonyl (C=O) groups is 1. The highest BCUT2D eigenvalue weighted by Crippen LogP contribution is 2.28. The Balaban J connectivity index is 2.93. The number of amides is 1. The summed E-state index contributed by atoms with van der Waals surface area (Å²) in [6, 6.07) is 3.51. The summed E-state index contributed by atoms with van der Waals surface area (Å²) in [6.45, 7) is 5.58. The van der Waals surface area contributed by atoms with E-state index >= 15 is 0 Å². The summed E-state index contributed by atoms with van der Waals surface area (Å²) in [5.41, 5.74) is 5.69. The lowest BCUT2D eigenvalue weighted by Crippen LogP contribution is -2.49. The van der Waals surface area contributed by atoms with Crippen molar-refractivity contribution in [1.29, 1.82) is 0 Å². The van der Waals surface area contributed by atoms with E-state index in [4.69, 9.17) is 10.9 Å². The number of rotatable bonds is 6. The molecule has 0 bridgehead atoms. The first-order valence-corrected chi connectivity index (χ1v) is 6.70. The number of aromatic nitrogens is 1. The fraction of sp³-hybridized carbons (Fsp3) is 0.500. The number of amidine groups is 1. The maximum absolute atomic E-state index is 12.5. The SMILES string of the molecule is CCC(CC)(C(=O)NC(C)c1ccncc1)C(N)=NO. The fourth-order valence-electron chi connectivity index (χ4n) is 2.22. The van der Waals surface area contributed by atoms with Gasteiger partial charge in [-0.05, 0) is 37.5 Å². The third-order valence-electron chi connectivity index (χ3n) is 3.79. The van der Waals surface area contributed by atoms with Crippen LogP contribution in [0.25, 0.3) is 0 Å². The molecule has 1 heterocycles. The molecule has 0 aromatic carbocycles. The smallest absolute Gasteiger partial charge is 0.234 e. The van der Waals surface area contributed by atoms with Crippen LogP contribution >= 0.6 is 0 Å². The van der Waals surface area contributed by atoms with Crippen LogP contribution < -0.4 is 11.1 Å². The molecule has 1 amide bonds. The molecule has 1 atom stereocenters. The number of nitrogens with two attached hydrogens (primary N) is 1. The van der Waals surface area contributed by atoms with Gasteiger partial charge >= 0.3 is 0 Å². The largest absolute Gasteiger partial charge is 0.409 e. The minimum absolute atomic E-state index is 0.0538. The van der Waals surface area contributed by atoms with Crippen molar-refractivity contribution in [2.75, 3.05) is 0 Å². The van der Waals surface area contributed by atoms with E-state index < -0.39 is 5.41 Å². The summed E-state index contributed by atoms with van der Waals surface area (Å²) in [6.07, 6.45) is 4.28. The van der Waals surface area contributed by atoms with E-state index in [0.717, 1.165) is 5.56 Å². The van der Waals surface area contributed by atoms with Gasteiger partial charge in [0.2, 0.25) is 5.91 Å². The highest BCUT2D eigenvalue weighted by atomic mass is 16.4. The van der Waals surface area contributed by atoms with Crippen LogP contribution in [0, 0.1) is 5.41 Å². The highest BCUT2D eigenvalue weighted by Gasteiger charge is 2.40. The van der Waals surface area contributed by atoms with Gasteiger partial charge in [0, 0.05) is 12.4 Å². The zero-order valence-corrected chi connectivity index (χ0v) is 12.1. The summed E-state index contributed by atoms with van der Waals surface area (Å²) in [5, 5.41) is 14.9. The molecule has 1 aromatic heterocycles. The second-order valence-electron chi connectivity index (χ2n) is 4.75. The third kappa shape index (κ3) is 3.07. The van der Waals surface area contributed by atoms with Gasteiger partial charge in [-0.2, -0.15) is 0 Å². The number of oxime groups is 1. The molecule has 110 valence electrons. The molecule has 4 N–H and O–H groups in total. The molecular weight excluding hydrogens is 256 g/mol. The van der Waals surface area contributed by atoms with Crippen LogP contribution in [0.1, 0.15) is 45.2 Å². The Hall–Kier alpha value is -2.11. The molecule has 6 heteroatoms. The number of hydrogen-bond acceptors (Lipinski definition) is 4. The van der Waals surface area contributed by atoms with Crippen molar-refractivity contribution in [3.63, 3.8) is 0 Å². The van der Waals surface area contributed by atoms with Crippen LogP contribution in [0.5, 0.6) is 0 Å². The van der Waals surface area contributed by atoms with E-state index in [1.807, 2.05) is 32.9 Å². The van der Waals surface area contributed by atoms with Crippen molar-refractivity contribution in [1.82, 2.24) is 10.3 Å². The molecule has 6 nitrogen and oxygen atoms in total. The zero-order valence-electron chi connectivity index (χ0n) is 12.1. The molecule has 0 aliphatic heterocycles. The van der Waals surface area contributed by atoms with E-state index in [2.05, 4.69) is 15.5 Å². The van der Waals surface area contributed by atoms with Gasteiger partial charge in [-0.15, -0.1) is 0 Å². The molecule has 1 rings (SSSR count). The quantitative estimate of drug-likeness (QED) is 0.320.